The summed E-state index contributed by atoms with van der Waals surface area (Å²) in [5.41, 5.74) is 0.481. The fourth-order valence-corrected chi connectivity index (χ4v) is 5.75. The van der Waals surface area contributed by atoms with Crippen LogP contribution in [0.4, 0.5) is 0 Å². The molecule has 0 amide bonds. The van der Waals surface area contributed by atoms with Crippen molar-refractivity contribution in [2.24, 2.45) is 0 Å². The Morgan fingerprint density at radius 2 is 1.97 bits per heavy atom. The van der Waals surface area contributed by atoms with E-state index in [4.69, 9.17) is 9.47 Å². The zero-order chi connectivity index (χ0) is 20.5. The monoisotopic (exact) mass is 418 g/mol. The first-order chi connectivity index (χ1) is 14.0. The first-order valence-corrected chi connectivity index (χ1v) is 11.2. The lowest BCUT2D eigenvalue weighted by Gasteiger charge is -2.21. The van der Waals surface area contributed by atoms with Gasteiger partial charge in [-0.15, -0.1) is 11.3 Å². The second-order valence-electron chi connectivity index (χ2n) is 7.76. The molecule has 0 saturated heterocycles. The van der Waals surface area contributed by atoms with Gasteiger partial charge in [0.2, 0.25) is 0 Å². The molecule has 2 aromatic rings. The van der Waals surface area contributed by atoms with E-state index in [0.29, 0.717) is 29.1 Å². The van der Waals surface area contributed by atoms with E-state index >= 15 is 0 Å². The maximum Gasteiger partial charge on any atom is 0.326 e. The van der Waals surface area contributed by atoms with Gasteiger partial charge in [-0.1, -0.05) is 0 Å². The fourth-order valence-electron chi connectivity index (χ4n) is 4.44. The number of thiophene rings is 1. The van der Waals surface area contributed by atoms with Crippen LogP contribution in [-0.4, -0.2) is 34.2 Å². The lowest BCUT2D eigenvalue weighted by molar-refractivity contribution is -0.149. The van der Waals surface area contributed by atoms with E-state index in [9.17, 15) is 14.4 Å². The predicted molar refractivity (Wildman–Crippen MR) is 109 cm³/mol. The fraction of sp³-hybridized carbons (Fsp3) is 0.619. The van der Waals surface area contributed by atoms with E-state index in [0.717, 1.165) is 49.0 Å². The number of fused-ring (bicyclic) bond motifs is 3. The Kier molecular flexibility index (Phi) is 5.72. The molecule has 1 atom stereocenters. The van der Waals surface area contributed by atoms with E-state index in [1.165, 1.54) is 15.9 Å². The van der Waals surface area contributed by atoms with Crippen LogP contribution >= 0.6 is 11.3 Å². The van der Waals surface area contributed by atoms with Gasteiger partial charge in [-0.25, -0.2) is 4.98 Å². The summed E-state index contributed by atoms with van der Waals surface area (Å²) in [6.45, 7) is 3.66. The predicted octanol–water partition coefficient (Wildman–Crippen LogP) is 3.24. The van der Waals surface area contributed by atoms with Crippen LogP contribution in [0.5, 0.6) is 0 Å². The molecule has 2 aromatic heterocycles. The summed E-state index contributed by atoms with van der Waals surface area (Å²) in [6, 6.07) is 0. The van der Waals surface area contributed by atoms with Gasteiger partial charge in [0.15, 0.2) is 0 Å². The summed E-state index contributed by atoms with van der Waals surface area (Å²) in [7, 11) is 0. The first kappa shape index (κ1) is 20.1. The largest absolute Gasteiger partial charge is 0.466 e. The molecule has 0 aliphatic heterocycles. The van der Waals surface area contributed by atoms with Crippen LogP contribution in [0.2, 0.25) is 0 Å². The molecule has 1 fully saturated rings. The summed E-state index contributed by atoms with van der Waals surface area (Å²) < 4.78 is 12.2. The Morgan fingerprint density at radius 1 is 1.21 bits per heavy atom. The SMILES string of the molecule is CCOC(=O)C1CCCc2sc3nc(C)n(CC(=O)OC4CCCC4)c(=O)c3c21. The molecule has 0 aromatic carbocycles. The van der Waals surface area contributed by atoms with E-state index in [1.54, 1.807) is 13.8 Å². The number of nitrogens with zero attached hydrogens (tertiary/aromatic N) is 2. The summed E-state index contributed by atoms with van der Waals surface area (Å²) in [4.78, 5) is 44.5. The van der Waals surface area contributed by atoms with Gasteiger partial charge in [-0.05, 0) is 64.4 Å². The number of hydrogen-bond donors (Lipinski definition) is 0. The highest BCUT2D eigenvalue weighted by Crippen LogP contribution is 2.41. The normalized spacial score (nSPS) is 19.3. The molecule has 0 bridgehead atoms. The summed E-state index contributed by atoms with van der Waals surface area (Å²) >= 11 is 1.47. The highest BCUT2D eigenvalue weighted by Gasteiger charge is 2.33. The average Bonchev–Trinajstić information content (AvgIpc) is 3.32. The minimum absolute atomic E-state index is 0.0442. The van der Waals surface area contributed by atoms with Crippen molar-refractivity contribution in [2.45, 2.75) is 77.4 Å². The molecule has 8 heteroatoms. The second-order valence-corrected chi connectivity index (χ2v) is 8.85. The lowest BCUT2D eigenvalue weighted by atomic mass is 9.86. The molecule has 156 valence electrons. The molecular formula is C21H26N2O5S. The molecule has 2 aliphatic rings. The van der Waals surface area contributed by atoms with Crippen LogP contribution in [0.1, 0.15) is 67.6 Å². The van der Waals surface area contributed by atoms with Gasteiger partial charge in [-0.2, -0.15) is 0 Å². The summed E-state index contributed by atoms with van der Waals surface area (Å²) in [6.07, 6.45) is 6.23. The first-order valence-electron chi connectivity index (χ1n) is 10.4. The van der Waals surface area contributed by atoms with Crippen molar-refractivity contribution in [3.05, 3.63) is 26.6 Å². The number of rotatable bonds is 5. The Labute approximate surface area is 173 Å². The molecular weight excluding hydrogens is 392 g/mol. The number of carbonyl (C=O) groups is 2. The highest BCUT2D eigenvalue weighted by atomic mass is 32.1. The van der Waals surface area contributed by atoms with Crippen LogP contribution in [0.15, 0.2) is 4.79 Å². The number of ether oxygens (including phenoxy) is 2. The van der Waals surface area contributed by atoms with Gasteiger partial charge in [-0.3, -0.25) is 19.0 Å². The van der Waals surface area contributed by atoms with Crippen molar-refractivity contribution < 1.29 is 19.1 Å². The molecule has 1 unspecified atom stereocenters. The van der Waals surface area contributed by atoms with Crippen molar-refractivity contribution >= 4 is 33.5 Å². The van der Waals surface area contributed by atoms with Crippen molar-refractivity contribution in [1.82, 2.24) is 9.55 Å². The second kappa shape index (κ2) is 8.26. The molecule has 2 heterocycles. The third kappa shape index (κ3) is 3.82. The number of aryl methyl sites for hydroxylation is 2. The van der Waals surface area contributed by atoms with E-state index in [1.807, 2.05) is 0 Å². The standard InChI is InChI=1S/C21H26N2O5S/c1-3-27-21(26)14-9-6-10-15-17(14)18-19(29-15)22-12(2)23(20(18)25)11-16(24)28-13-7-4-5-8-13/h13-14H,3-11H2,1-2H3. The third-order valence-corrected chi connectivity index (χ3v) is 6.98. The van der Waals surface area contributed by atoms with Gasteiger partial charge in [0.25, 0.3) is 5.56 Å². The van der Waals surface area contributed by atoms with Gasteiger partial charge in [0.05, 0.1) is 17.9 Å². The Bertz CT molecular complexity index is 1000. The number of hydrogen-bond acceptors (Lipinski definition) is 7. The number of carbonyl (C=O) groups excluding carboxylic acids is 2. The molecule has 7 nitrogen and oxygen atoms in total. The van der Waals surface area contributed by atoms with E-state index in [2.05, 4.69) is 4.98 Å². The van der Waals surface area contributed by atoms with Crippen LogP contribution in [-0.2, 0) is 32.0 Å². The average molecular weight is 419 g/mol. The number of esters is 2. The van der Waals surface area contributed by atoms with Crippen LogP contribution in [0.3, 0.4) is 0 Å². The summed E-state index contributed by atoms with van der Waals surface area (Å²) in [5, 5.41) is 0.460. The quantitative estimate of drug-likeness (QED) is 0.693. The van der Waals surface area contributed by atoms with Gasteiger partial charge in [0.1, 0.15) is 23.3 Å². The van der Waals surface area contributed by atoms with Crippen molar-refractivity contribution in [1.29, 1.82) is 0 Å². The molecule has 1 saturated carbocycles. The zero-order valence-corrected chi connectivity index (χ0v) is 17.7. The highest BCUT2D eigenvalue weighted by molar-refractivity contribution is 7.18. The molecule has 0 spiro atoms. The smallest absolute Gasteiger partial charge is 0.326 e. The minimum atomic E-state index is -0.441. The van der Waals surface area contributed by atoms with E-state index < -0.39 is 11.9 Å². The van der Waals surface area contributed by atoms with Crippen molar-refractivity contribution in [2.75, 3.05) is 6.61 Å². The van der Waals surface area contributed by atoms with E-state index in [-0.39, 0.29) is 24.2 Å². The molecule has 2 aliphatic carbocycles. The topological polar surface area (TPSA) is 87.5 Å². The Hall–Kier alpha value is -2.22. The molecule has 0 radical (unpaired) electrons. The van der Waals surface area contributed by atoms with Gasteiger partial charge >= 0.3 is 11.9 Å². The number of aromatic nitrogens is 2. The molecule has 29 heavy (non-hydrogen) atoms. The third-order valence-electron chi connectivity index (χ3n) is 5.82. The van der Waals surface area contributed by atoms with Crippen LogP contribution in [0.25, 0.3) is 10.2 Å². The van der Waals surface area contributed by atoms with Crippen molar-refractivity contribution in [3.63, 3.8) is 0 Å². The maximum absolute atomic E-state index is 13.4. The lowest BCUT2D eigenvalue weighted by Crippen LogP contribution is -2.30. The Balaban J connectivity index is 1.72. The van der Waals surface area contributed by atoms with Crippen molar-refractivity contribution in [3.8, 4) is 0 Å². The van der Waals surface area contributed by atoms with Gasteiger partial charge in [0, 0.05) is 4.88 Å². The maximum atomic E-state index is 13.4. The molecule has 4 rings (SSSR count). The van der Waals surface area contributed by atoms with Crippen LogP contribution < -0.4 is 5.56 Å². The molecule has 0 N–H and O–H groups in total. The van der Waals surface area contributed by atoms with Gasteiger partial charge < -0.3 is 9.47 Å². The minimum Gasteiger partial charge on any atom is -0.466 e. The van der Waals surface area contributed by atoms with Crippen LogP contribution in [0, 0.1) is 6.92 Å². The zero-order valence-electron chi connectivity index (χ0n) is 16.9. The Morgan fingerprint density at radius 3 is 2.69 bits per heavy atom. The summed E-state index contributed by atoms with van der Waals surface area (Å²) in [5.74, 6) is -0.657.